The van der Waals surface area contributed by atoms with Crippen LogP contribution in [0.1, 0.15) is 11.1 Å². The lowest BCUT2D eigenvalue weighted by atomic mass is 10.2. The van der Waals surface area contributed by atoms with E-state index in [-0.39, 0.29) is 11.8 Å². The highest BCUT2D eigenvalue weighted by Crippen LogP contribution is 2.35. The average Bonchev–Trinajstić information content (AvgIpc) is 2.56. The topological polar surface area (TPSA) is 49.8 Å². The van der Waals surface area contributed by atoms with Crippen molar-refractivity contribution in [3.05, 3.63) is 71.7 Å². The van der Waals surface area contributed by atoms with Gasteiger partial charge in [-0.05, 0) is 48.9 Å². The Morgan fingerprint density at radius 3 is 2.31 bits per heavy atom. The SMILES string of the molecule is Cc1cccc(Nc2nc(Nc3ccc(F)cc3)ncc2C(F)(F)F)c1. The first kappa shape index (κ1) is 17.7. The summed E-state index contributed by atoms with van der Waals surface area (Å²) in [7, 11) is 0. The zero-order chi connectivity index (χ0) is 18.7. The Morgan fingerprint density at radius 2 is 1.65 bits per heavy atom. The van der Waals surface area contributed by atoms with Crippen molar-refractivity contribution in [3.63, 3.8) is 0 Å². The van der Waals surface area contributed by atoms with Crippen molar-refractivity contribution in [3.8, 4) is 0 Å². The van der Waals surface area contributed by atoms with Crippen LogP contribution in [0.4, 0.5) is 40.7 Å². The molecule has 0 bridgehead atoms. The van der Waals surface area contributed by atoms with Crippen LogP contribution in [-0.2, 0) is 6.18 Å². The first-order valence-corrected chi connectivity index (χ1v) is 7.62. The van der Waals surface area contributed by atoms with Gasteiger partial charge in [0.2, 0.25) is 5.95 Å². The summed E-state index contributed by atoms with van der Waals surface area (Å²) in [6.07, 6.45) is -3.91. The van der Waals surface area contributed by atoms with Gasteiger partial charge in [-0.2, -0.15) is 18.2 Å². The Kier molecular flexibility index (Phi) is 4.75. The number of alkyl halides is 3. The summed E-state index contributed by atoms with van der Waals surface area (Å²) in [5.74, 6) is -0.840. The number of benzene rings is 2. The van der Waals surface area contributed by atoms with Crippen LogP contribution in [0.2, 0.25) is 0 Å². The van der Waals surface area contributed by atoms with Crippen molar-refractivity contribution in [2.24, 2.45) is 0 Å². The Morgan fingerprint density at radius 1 is 0.923 bits per heavy atom. The second-order valence-electron chi connectivity index (χ2n) is 5.58. The maximum atomic E-state index is 13.3. The van der Waals surface area contributed by atoms with Crippen molar-refractivity contribution in [1.29, 1.82) is 0 Å². The van der Waals surface area contributed by atoms with Gasteiger partial charge in [0, 0.05) is 17.6 Å². The fraction of sp³-hybridized carbons (Fsp3) is 0.111. The van der Waals surface area contributed by atoms with Crippen molar-refractivity contribution in [2.45, 2.75) is 13.1 Å². The van der Waals surface area contributed by atoms with Crippen LogP contribution in [0.15, 0.2) is 54.7 Å². The number of halogens is 4. The van der Waals surface area contributed by atoms with E-state index in [1.54, 1.807) is 18.2 Å². The van der Waals surface area contributed by atoms with Crippen LogP contribution >= 0.6 is 0 Å². The molecule has 3 rings (SSSR count). The number of aromatic nitrogens is 2. The van der Waals surface area contributed by atoms with E-state index in [1.165, 1.54) is 24.3 Å². The van der Waals surface area contributed by atoms with E-state index in [2.05, 4.69) is 20.6 Å². The number of rotatable bonds is 4. The zero-order valence-electron chi connectivity index (χ0n) is 13.6. The van der Waals surface area contributed by atoms with Gasteiger partial charge in [-0.1, -0.05) is 12.1 Å². The molecule has 8 heteroatoms. The summed E-state index contributed by atoms with van der Waals surface area (Å²) in [6, 6.07) is 12.2. The van der Waals surface area contributed by atoms with E-state index in [1.807, 2.05) is 13.0 Å². The zero-order valence-corrected chi connectivity index (χ0v) is 13.6. The standard InChI is InChI=1S/C18H14F4N4/c1-11-3-2-4-14(9-11)24-16-15(18(20,21)22)10-23-17(26-16)25-13-7-5-12(19)6-8-13/h2-10H,1H3,(H2,23,24,25,26). The van der Waals surface area contributed by atoms with Gasteiger partial charge >= 0.3 is 6.18 Å². The lowest BCUT2D eigenvalue weighted by Crippen LogP contribution is -2.12. The van der Waals surface area contributed by atoms with Crippen LogP contribution in [0.5, 0.6) is 0 Å². The molecular formula is C18H14F4N4. The van der Waals surface area contributed by atoms with E-state index in [9.17, 15) is 17.6 Å². The molecule has 0 unspecified atom stereocenters. The number of aryl methyl sites for hydroxylation is 1. The lowest BCUT2D eigenvalue weighted by Gasteiger charge is -2.15. The molecule has 0 aliphatic rings. The summed E-state index contributed by atoms with van der Waals surface area (Å²) < 4.78 is 52.7. The third-order valence-electron chi connectivity index (χ3n) is 3.48. The smallest absolute Gasteiger partial charge is 0.340 e. The maximum Gasteiger partial charge on any atom is 0.421 e. The molecule has 134 valence electrons. The molecule has 0 amide bonds. The van der Waals surface area contributed by atoms with Crippen molar-refractivity contribution < 1.29 is 17.6 Å². The summed E-state index contributed by atoms with van der Waals surface area (Å²) in [5, 5.41) is 5.44. The Labute approximate surface area is 146 Å². The summed E-state index contributed by atoms with van der Waals surface area (Å²) >= 11 is 0. The number of anilines is 4. The highest BCUT2D eigenvalue weighted by atomic mass is 19.4. The predicted molar refractivity (Wildman–Crippen MR) is 91.2 cm³/mol. The molecule has 0 saturated carbocycles. The molecule has 0 aliphatic heterocycles. The molecule has 2 aromatic carbocycles. The molecule has 1 heterocycles. The molecule has 0 aliphatic carbocycles. The molecule has 1 aromatic heterocycles. The Hall–Kier alpha value is -3.16. The summed E-state index contributed by atoms with van der Waals surface area (Å²) in [6.45, 7) is 1.83. The number of hydrogen-bond acceptors (Lipinski definition) is 4. The number of nitrogens with one attached hydrogen (secondary N) is 2. The quantitative estimate of drug-likeness (QED) is 0.608. The van der Waals surface area contributed by atoms with Gasteiger partial charge in [-0.15, -0.1) is 0 Å². The minimum Gasteiger partial charge on any atom is -0.340 e. The Balaban J connectivity index is 1.94. The molecule has 0 radical (unpaired) electrons. The highest BCUT2D eigenvalue weighted by Gasteiger charge is 2.35. The second kappa shape index (κ2) is 6.99. The van der Waals surface area contributed by atoms with Crippen molar-refractivity contribution in [2.75, 3.05) is 10.6 Å². The minimum atomic E-state index is -4.61. The predicted octanol–water partition coefficient (Wildman–Crippen LogP) is 5.43. The summed E-state index contributed by atoms with van der Waals surface area (Å²) in [5.41, 5.74) is 0.834. The number of nitrogens with zero attached hydrogens (tertiary/aromatic N) is 2. The third-order valence-corrected chi connectivity index (χ3v) is 3.48. The van der Waals surface area contributed by atoms with Gasteiger partial charge in [-0.25, -0.2) is 9.37 Å². The van der Waals surface area contributed by atoms with Crippen LogP contribution in [0.3, 0.4) is 0 Å². The molecule has 0 atom stereocenters. The second-order valence-corrected chi connectivity index (χ2v) is 5.58. The van der Waals surface area contributed by atoms with E-state index in [4.69, 9.17) is 0 Å². The highest BCUT2D eigenvalue weighted by molar-refractivity contribution is 5.63. The molecule has 2 N–H and O–H groups in total. The molecule has 0 fully saturated rings. The molecule has 26 heavy (non-hydrogen) atoms. The van der Waals surface area contributed by atoms with Gasteiger partial charge in [-0.3, -0.25) is 0 Å². The van der Waals surface area contributed by atoms with Crippen LogP contribution in [0.25, 0.3) is 0 Å². The van der Waals surface area contributed by atoms with Crippen LogP contribution < -0.4 is 10.6 Å². The molecule has 0 spiro atoms. The lowest BCUT2D eigenvalue weighted by molar-refractivity contribution is -0.137. The third kappa shape index (κ3) is 4.27. The van der Waals surface area contributed by atoms with Gasteiger partial charge < -0.3 is 10.6 Å². The molecule has 3 aromatic rings. The molecule has 0 saturated heterocycles. The first-order valence-electron chi connectivity index (χ1n) is 7.62. The van der Waals surface area contributed by atoms with E-state index < -0.39 is 17.6 Å². The number of hydrogen-bond donors (Lipinski definition) is 2. The largest absolute Gasteiger partial charge is 0.421 e. The van der Waals surface area contributed by atoms with E-state index in [0.29, 0.717) is 17.6 Å². The average molecular weight is 362 g/mol. The fourth-order valence-electron chi connectivity index (χ4n) is 2.27. The van der Waals surface area contributed by atoms with E-state index >= 15 is 0 Å². The van der Waals surface area contributed by atoms with Crippen molar-refractivity contribution in [1.82, 2.24) is 9.97 Å². The summed E-state index contributed by atoms with van der Waals surface area (Å²) in [4.78, 5) is 7.64. The molecular weight excluding hydrogens is 348 g/mol. The van der Waals surface area contributed by atoms with E-state index in [0.717, 1.165) is 5.56 Å². The van der Waals surface area contributed by atoms with Crippen molar-refractivity contribution >= 4 is 23.1 Å². The molecule has 4 nitrogen and oxygen atoms in total. The normalized spacial score (nSPS) is 11.3. The van der Waals surface area contributed by atoms with Crippen LogP contribution in [-0.4, -0.2) is 9.97 Å². The van der Waals surface area contributed by atoms with Crippen LogP contribution in [0, 0.1) is 12.7 Å². The van der Waals surface area contributed by atoms with Gasteiger partial charge in [0.15, 0.2) is 0 Å². The van der Waals surface area contributed by atoms with Gasteiger partial charge in [0.1, 0.15) is 17.2 Å². The fourth-order valence-corrected chi connectivity index (χ4v) is 2.27. The van der Waals surface area contributed by atoms with Gasteiger partial charge in [0.25, 0.3) is 0 Å². The monoisotopic (exact) mass is 362 g/mol. The first-order chi connectivity index (χ1) is 12.3. The van der Waals surface area contributed by atoms with Gasteiger partial charge in [0.05, 0.1) is 0 Å². The Bertz CT molecular complexity index is 908. The maximum absolute atomic E-state index is 13.3. The minimum absolute atomic E-state index is 0.0419.